The van der Waals surface area contributed by atoms with E-state index in [9.17, 15) is 4.79 Å². The zero-order valence-electron chi connectivity index (χ0n) is 13.1. The third kappa shape index (κ3) is 4.57. The average molecular weight is 388 g/mol. The summed E-state index contributed by atoms with van der Waals surface area (Å²) in [5.41, 5.74) is 3.28. The Morgan fingerprint density at radius 3 is 2.04 bits per heavy atom. The Morgan fingerprint density at radius 2 is 1.44 bits per heavy atom. The lowest BCUT2D eigenvalue weighted by molar-refractivity contribution is 0.102. The molecule has 0 aromatic heterocycles. The first-order chi connectivity index (χ1) is 12.0. The highest BCUT2D eigenvalue weighted by Gasteiger charge is 2.11. The van der Waals surface area contributed by atoms with Crippen LogP contribution in [0.15, 0.2) is 72.8 Å². The van der Waals surface area contributed by atoms with Gasteiger partial charge in [-0.25, -0.2) is 0 Å². The van der Waals surface area contributed by atoms with Gasteiger partial charge in [0.2, 0.25) is 0 Å². The van der Waals surface area contributed by atoms with Crippen molar-refractivity contribution in [2.45, 2.75) is 5.25 Å². The van der Waals surface area contributed by atoms with E-state index in [0.29, 0.717) is 21.3 Å². The Hall–Kier alpha value is -1.94. The van der Waals surface area contributed by atoms with Gasteiger partial charge in [-0.05, 0) is 53.6 Å². The molecule has 0 spiro atoms. The quantitative estimate of drug-likeness (QED) is 0.507. The highest BCUT2D eigenvalue weighted by molar-refractivity contribution is 7.80. The van der Waals surface area contributed by atoms with Gasteiger partial charge in [0.05, 0.1) is 5.25 Å². The predicted molar refractivity (Wildman–Crippen MR) is 108 cm³/mol. The lowest BCUT2D eigenvalue weighted by Crippen LogP contribution is -2.11. The van der Waals surface area contributed by atoms with Crippen LogP contribution < -0.4 is 5.32 Å². The van der Waals surface area contributed by atoms with Crippen LogP contribution in [0, 0.1) is 0 Å². The number of carbonyl (C=O) groups is 1. The van der Waals surface area contributed by atoms with E-state index in [1.165, 1.54) is 0 Å². The number of anilines is 1. The van der Waals surface area contributed by atoms with Crippen LogP contribution >= 0.6 is 35.8 Å². The molecule has 1 N–H and O–H groups in total. The summed E-state index contributed by atoms with van der Waals surface area (Å²) < 4.78 is 0. The van der Waals surface area contributed by atoms with E-state index in [1.807, 2.05) is 36.4 Å². The molecule has 1 unspecified atom stereocenters. The summed E-state index contributed by atoms with van der Waals surface area (Å²) in [7, 11) is 0. The van der Waals surface area contributed by atoms with Crippen molar-refractivity contribution in [2.75, 3.05) is 5.32 Å². The van der Waals surface area contributed by atoms with Gasteiger partial charge in [-0.15, -0.1) is 0 Å². The first-order valence-electron chi connectivity index (χ1n) is 7.63. The molecule has 0 fully saturated rings. The number of benzene rings is 3. The number of thiol groups is 1. The van der Waals surface area contributed by atoms with Gasteiger partial charge in [-0.3, -0.25) is 4.79 Å². The lowest BCUT2D eigenvalue weighted by Gasteiger charge is -2.12. The van der Waals surface area contributed by atoms with Gasteiger partial charge in [0.15, 0.2) is 0 Å². The van der Waals surface area contributed by atoms with Gasteiger partial charge < -0.3 is 5.32 Å². The second-order valence-electron chi connectivity index (χ2n) is 5.54. The first kappa shape index (κ1) is 17.9. The normalized spacial score (nSPS) is 11.8. The molecule has 25 heavy (non-hydrogen) atoms. The zero-order valence-corrected chi connectivity index (χ0v) is 15.5. The Kier molecular flexibility index (Phi) is 5.69. The summed E-state index contributed by atoms with van der Waals surface area (Å²) in [5, 5.41) is 4.02. The predicted octanol–water partition coefficient (Wildman–Crippen LogP) is 6.26. The van der Waals surface area contributed by atoms with Gasteiger partial charge in [-0.1, -0.05) is 53.5 Å². The molecule has 0 saturated carbocycles. The van der Waals surface area contributed by atoms with E-state index in [0.717, 1.165) is 11.1 Å². The van der Waals surface area contributed by atoms with Crippen molar-refractivity contribution in [3.8, 4) is 0 Å². The number of nitrogens with one attached hydrogen (secondary N) is 1. The van der Waals surface area contributed by atoms with E-state index in [2.05, 4.69) is 17.9 Å². The van der Waals surface area contributed by atoms with Crippen LogP contribution in [0.25, 0.3) is 0 Å². The van der Waals surface area contributed by atoms with E-state index in [1.54, 1.807) is 36.4 Å². The van der Waals surface area contributed by atoms with Gasteiger partial charge in [0.25, 0.3) is 5.91 Å². The summed E-state index contributed by atoms with van der Waals surface area (Å²) in [5.74, 6) is -0.184. The maximum absolute atomic E-state index is 12.3. The smallest absolute Gasteiger partial charge is 0.255 e. The Labute approximate surface area is 162 Å². The van der Waals surface area contributed by atoms with Gasteiger partial charge in [0.1, 0.15) is 0 Å². The van der Waals surface area contributed by atoms with Gasteiger partial charge in [0, 0.05) is 21.3 Å². The van der Waals surface area contributed by atoms with Crippen LogP contribution in [0.2, 0.25) is 10.0 Å². The molecular formula is C20H15Cl2NOS. The standard InChI is InChI=1S/C20H15Cl2NOS/c21-16-10-8-14(9-11-16)19(25)13-4-6-15(7-5-13)20(24)23-18-3-1-2-17(22)12-18/h1-12,19,25H,(H,23,24). The summed E-state index contributed by atoms with van der Waals surface area (Å²) in [6.07, 6.45) is 0. The number of halogens is 2. The summed E-state index contributed by atoms with van der Waals surface area (Å²) in [4.78, 5) is 12.3. The Bertz CT molecular complexity index is 879. The molecular weight excluding hydrogens is 373 g/mol. The minimum Gasteiger partial charge on any atom is -0.322 e. The minimum absolute atomic E-state index is 0.0812. The maximum atomic E-state index is 12.3. The molecule has 0 saturated heterocycles. The van der Waals surface area contributed by atoms with Crippen LogP contribution in [0.5, 0.6) is 0 Å². The molecule has 0 heterocycles. The molecule has 5 heteroatoms. The van der Waals surface area contributed by atoms with E-state index in [-0.39, 0.29) is 11.2 Å². The molecule has 2 nitrogen and oxygen atoms in total. The van der Waals surface area contributed by atoms with Gasteiger partial charge in [-0.2, -0.15) is 12.6 Å². The number of amides is 1. The second-order valence-corrected chi connectivity index (χ2v) is 6.93. The number of carbonyl (C=O) groups excluding carboxylic acids is 1. The fraction of sp³-hybridized carbons (Fsp3) is 0.0500. The van der Waals surface area contributed by atoms with Crippen molar-refractivity contribution in [1.82, 2.24) is 0 Å². The monoisotopic (exact) mass is 387 g/mol. The molecule has 3 rings (SSSR count). The molecule has 126 valence electrons. The molecule has 1 amide bonds. The zero-order chi connectivity index (χ0) is 17.8. The van der Waals surface area contributed by atoms with Crippen molar-refractivity contribution in [3.63, 3.8) is 0 Å². The van der Waals surface area contributed by atoms with Crippen molar-refractivity contribution in [3.05, 3.63) is 99.5 Å². The van der Waals surface area contributed by atoms with Crippen LogP contribution in [0.4, 0.5) is 5.69 Å². The summed E-state index contributed by atoms with van der Waals surface area (Å²) in [6, 6.07) is 22.0. The fourth-order valence-corrected chi connectivity index (χ4v) is 3.08. The number of rotatable bonds is 4. The van der Waals surface area contributed by atoms with E-state index >= 15 is 0 Å². The largest absolute Gasteiger partial charge is 0.322 e. The van der Waals surface area contributed by atoms with Crippen molar-refractivity contribution in [1.29, 1.82) is 0 Å². The van der Waals surface area contributed by atoms with Gasteiger partial charge >= 0.3 is 0 Å². The van der Waals surface area contributed by atoms with Crippen LogP contribution in [0.3, 0.4) is 0 Å². The first-order valence-corrected chi connectivity index (χ1v) is 8.90. The highest BCUT2D eigenvalue weighted by Crippen LogP contribution is 2.29. The lowest BCUT2D eigenvalue weighted by atomic mass is 10.0. The van der Waals surface area contributed by atoms with E-state index < -0.39 is 0 Å². The second kappa shape index (κ2) is 7.96. The summed E-state index contributed by atoms with van der Waals surface area (Å²) in [6.45, 7) is 0. The average Bonchev–Trinajstić information content (AvgIpc) is 2.62. The number of hydrogen-bond acceptors (Lipinski definition) is 2. The molecule has 0 aliphatic rings. The molecule has 0 aliphatic heterocycles. The fourth-order valence-electron chi connectivity index (χ4n) is 2.42. The SMILES string of the molecule is O=C(Nc1cccc(Cl)c1)c1ccc(C(S)c2ccc(Cl)cc2)cc1. The maximum Gasteiger partial charge on any atom is 0.255 e. The van der Waals surface area contributed by atoms with Crippen LogP contribution in [0.1, 0.15) is 26.7 Å². The Balaban J connectivity index is 1.73. The molecule has 0 bridgehead atoms. The molecule has 3 aromatic rings. The highest BCUT2D eigenvalue weighted by atomic mass is 35.5. The van der Waals surface area contributed by atoms with E-state index in [4.69, 9.17) is 23.2 Å². The van der Waals surface area contributed by atoms with Crippen molar-refractivity contribution < 1.29 is 4.79 Å². The molecule has 0 radical (unpaired) electrons. The number of hydrogen-bond donors (Lipinski definition) is 2. The van der Waals surface area contributed by atoms with Crippen molar-refractivity contribution >= 4 is 47.4 Å². The van der Waals surface area contributed by atoms with Crippen LogP contribution in [-0.2, 0) is 0 Å². The third-order valence-electron chi connectivity index (χ3n) is 3.76. The third-order valence-corrected chi connectivity index (χ3v) is 4.84. The minimum atomic E-state index is -0.184. The summed E-state index contributed by atoms with van der Waals surface area (Å²) >= 11 is 16.5. The van der Waals surface area contributed by atoms with Crippen molar-refractivity contribution in [2.24, 2.45) is 0 Å². The topological polar surface area (TPSA) is 29.1 Å². The molecule has 3 aromatic carbocycles. The van der Waals surface area contributed by atoms with Crippen LogP contribution in [-0.4, -0.2) is 5.91 Å². The Morgan fingerprint density at radius 1 is 0.840 bits per heavy atom. The molecule has 0 aliphatic carbocycles. The molecule has 1 atom stereocenters.